The third-order valence-corrected chi connectivity index (χ3v) is 9.64. The van der Waals surface area contributed by atoms with Gasteiger partial charge in [-0.1, -0.05) is 66.8 Å². The van der Waals surface area contributed by atoms with Gasteiger partial charge >= 0.3 is 0 Å². The molecule has 0 spiro atoms. The molecule has 0 heterocycles. The summed E-state index contributed by atoms with van der Waals surface area (Å²) in [5.74, 6) is -0.122. The van der Waals surface area contributed by atoms with E-state index in [0.717, 1.165) is 47.5 Å². The molecule has 42 heavy (non-hydrogen) atoms. The Morgan fingerprint density at radius 1 is 1.00 bits per heavy atom. The molecule has 0 radical (unpaired) electrons. The summed E-state index contributed by atoms with van der Waals surface area (Å²) in [5, 5.41) is 3.44. The van der Waals surface area contributed by atoms with Gasteiger partial charge in [-0.3, -0.25) is 13.9 Å². The quantitative estimate of drug-likeness (QED) is 0.299. The van der Waals surface area contributed by atoms with Crippen LogP contribution in [0.2, 0.25) is 5.02 Å². The third-order valence-electron chi connectivity index (χ3n) is 7.61. The predicted molar refractivity (Wildman–Crippen MR) is 165 cm³/mol. The Bertz CT molecular complexity index is 1470. The Morgan fingerprint density at radius 3 is 2.29 bits per heavy atom. The van der Waals surface area contributed by atoms with Gasteiger partial charge in [-0.15, -0.1) is 0 Å². The molecule has 0 bridgehead atoms. The largest absolute Gasteiger partial charge is 0.497 e. The minimum atomic E-state index is -4.16. The van der Waals surface area contributed by atoms with Crippen LogP contribution in [0, 0.1) is 6.92 Å². The predicted octanol–water partition coefficient (Wildman–Crippen LogP) is 5.72. The van der Waals surface area contributed by atoms with Crippen molar-refractivity contribution in [2.75, 3.05) is 18.0 Å². The summed E-state index contributed by atoms with van der Waals surface area (Å²) in [6, 6.07) is 19.3. The first kappa shape index (κ1) is 31.4. The van der Waals surface area contributed by atoms with E-state index in [1.54, 1.807) is 56.5 Å². The number of ether oxygens (including phenoxy) is 1. The van der Waals surface area contributed by atoms with Crippen molar-refractivity contribution in [3.8, 4) is 5.75 Å². The van der Waals surface area contributed by atoms with Crippen LogP contribution in [-0.4, -0.2) is 50.9 Å². The molecule has 1 fully saturated rings. The molecule has 2 amide bonds. The third kappa shape index (κ3) is 7.83. The Labute approximate surface area is 253 Å². The number of amides is 2. The van der Waals surface area contributed by atoms with E-state index >= 15 is 0 Å². The second-order valence-electron chi connectivity index (χ2n) is 10.7. The van der Waals surface area contributed by atoms with Crippen molar-refractivity contribution >= 4 is 39.1 Å². The van der Waals surface area contributed by atoms with Crippen LogP contribution in [-0.2, 0) is 26.2 Å². The number of anilines is 1. The average Bonchev–Trinajstić information content (AvgIpc) is 2.99. The van der Waals surface area contributed by atoms with Gasteiger partial charge < -0.3 is 15.0 Å². The standard InChI is InChI=1S/C32H38ClN3O5S/c1-23-12-18-30(19-13-23)42(39,40)36(28-11-7-8-26(33)20-28)22-31(37)35(21-25-14-16-29(41-3)17-15-25)24(2)32(38)34-27-9-5-4-6-10-27/h7-8,11-20,24,27H,4-6,9-10,21-22H2,1-3H3,(H,34,38). The minimum Gasteiger partial charge on any atom is -0.497 e. The fraction of sp³-hybridized carbons (Fsp3) is 0.375. The Balaban J connectivity index is 1.67. The maximum absolute atomic E-state index is 14.1. The number of halogens is 1. The van der Waals surface area contributed by atoms with Gasteiger partial charge in [-0.25, -0.2) is 8.42 Å². The van der Waals surface area contributed by atoms with Crippen molar-refractivity contribution in [1.82, 2.24) is 10.2 Å². The molecule has 1 aliphatic carbocycles. The molecule has 224 valence electrons. The van der Waals surface area contributed by atoms with Crippen LogP contribution >= 0.6 is 11.6 Å². The van der Waals surface area contributed by atoms with Crippen molar-refractivity contribution in [2.45, 2.75) is 69.5 Å². The average molecular weight is 612 g/mol. The fourth-order valence-corrected chi connectivity index (χ4v) is 6.67. The SMILES string of the molecule is COc1ccc(CN(C(=O)CN(c2cccc(Cl)c2)S(=O)(=O)c2ccc(C)cc2)C(C)C(=O)NC2CCCCC2)cc1. The highest BCUT2D eigenvalue weighted by Gasteiger charge is 2.33. The number of carbonyl (C=O) groups is 2. The highest BCUT2D eigenvalue weighted by atomic mass is 35.5. The molecular weight excluding hydrogens is 574 g/mol. The number of sulfonamides is 1. The molecule has 0 aromatic heterocycles. The van der Waals surface area contributed by atoms with E-state index in [9.17, 15) is 18.0 Å². The summed E-state index contributed by atoms with van der Waals surface area (Å²) in [5.41, 5.74) is 1.93. The van der Waals surface area contributed by atoms with Gasteiger partial charge in [-0.05, 0) is 74.7 Å². The number of carbonyl (C=O) groups excluding carboxylic acids is 2. The van der Waals surface area contributed by atoms with Crippen molar-refractivity contribution in [2.24, 2.45) is 0 Å². The van der Waals surface area contributed by atoms with E-state index in [1.165, 1.54) is 23.1 Å². The molecule has 0 aliphatic heterocycles. The number of nitrogens with one attached hydrogen (secondary N) is 1. The van der Waals surface area contributed by atoms with Crippen LogP contribution in [0.15, 0.2) is 77.7 Å². The number of rotatable bonds is 11. The zero-order chi connectivity index (χ0) is 30.3. The lowest BCUT2D eigenvalue weighted by Gasteiger charge is -2.33. The molecule has 1 unspecified atom stereocenters. The normalized spacial score (nSPS) is 14.6. The summed E-state index contributed by atoms with van der Waals surface area (Å²) >= 11 is 6.24. The molecule has 3 aromatic carbocycles. The minimum absolute atomic E-state index is 0.0469. The molecule has 1 N–H and O–H groups in total. The summed E-state index contributed by atoms with van der Waals surface area (Å²) in [6.45, 7) is 3.13. The number of methoxy groups -OCH3 is 1. The first-order chi connectivity index (χ1) is 20.1. The summed E-state index contributed by atoms with van der Waals surface area (Å²) in [4.78, 5) is 29.0. The maximum Gasteiger partial charge on any atom is 0.264 e. The van der Waals surface area contributed by atoms with E-state index in [-0.39, 0.29) is 29.1 Å². The van der Waals surface area contributed by atoms with Gasteiger partial charge in [0.15, 0.2) is 0 Å². The number of nitrogens with zero attached hydrogens (tertiary/aromatic N) is 2. The van der Waals surface area contributed by atoms with Crippen molar-refractivity contribution < 1.29 is 22.7 Å². The summed E-state index contributed by atoms with van der Waals surface area (Å²) < 4.78 is 34.2. The molecule has 3 aromatic rings. The lowest BCUT2D eigenvalue weighted by Crippen LogP contribution is -2.53. The van der Waals surface area contributed by atoms with Gasteiger partial charge in [-0.2, -0.15) is 0 Å². The second-order valence-corrected chi connectivity index (χ2v) is 13.0. The van der Waals surface area contributed by atoms with Crippen LogP contribution in [0.25, 0.3) is 0 Å². The van der Waals surface area contributed by atoms with Gasteiger partial charge in [0, 0.05) is 17.6 Å². The number of hydrogen-bond donors (Lipinski definition) is 1. The van der Waals surface area contributed by atoms with Gasteiger partial charge in [0.05, 0.1) is 17.7 Å². The van der Waals surface area contributed by atoms with Crippen LogP contribution in [0.1, 0.15) is 50.2 Å². The Morgan fingerprint density at radius 2 is 1.67 bits per heavy atom. The van der Waals surface area contributed by atoms with Gasteiger partial charge in [0.2, 0.25) is 11.8 Å². The number of hydrogen-bond acceptors (Lipinski definition) is 5. The molecule has 1 saturated carbocycles. The van der Waals surface area contributed by atoms with Crippen LogP contribution in [0.4, 0.5) is 5.69 Å². The molecule has 0 saturated heterocycles. The number of benzene rings is 3. The van der Waals surface area contributed by atoms with Crippen molar-refractivity contribution in [3.63, 3.8) is 0 Å². The lowest BCUT2D eigenvalue weighted by atomic mass is 9.95. The van der Waals surface area contributed by atoms with E-state index in [0.29, 0.717) is 10.8 Å². The number of aryl methyl sites for hydroxylation is 1. The first-order valence-electron chi connectivity index (χ1n) is 14.2. The topological polar surface area (TPSA) is 96.0 Å². The van der Waals surface area contributed by atoms with E-state index < -0.39 is 28.5 Å². The molecule has 1 aliphatic rings. The molecule has 10 heteroatoms. The van der Waals surface area contributed by atoms with Crippen molar-refractivity contribution in [3.05, 3.63) is 88.9 Å². The molecule has 8 nitrogen and oxygen atoms in total. The summed E-state index contributed by atoms with van der Waals surface area (Å²) in [7, 11) is -2.59. The lowest BCUT2D eigenvalue weighted by molar-refractivity contribution is -0.139. The monoisotopic (exact) mass is 611 g/mol. The second kappa shape index (κ2) is 14.1. The van der Waals surface area contributed by atoms with Crippen LogP contribution in [0.3, 0.4) is 0 Å². The Kier molecular flexibility index (Phi) is 10.5. The highest BCUT2D eigenvalue weighted by molar-refractivity contribution is 7.92. The first-order valence-corrected chi connectivity index (χ1v) is 16.0. The Hall–Kier alpha value is -3.56. The molecular formula is C32H38ClN3O5S. The van der Waals surface area contributed by atoms with Gasteiger partial charge in [0.25, 0.3) is 10.0 Å². The van der Waals surface area contributed by atoms with Crippen molar-refractivity contribution in [1.29, 1.82) is 0 Å². The van der Waals surface area contributed by atoms with Gasteiger partial charge in [0.1, 0.15) is 18.3 Å². The summed E-state index contributed by atoms with van der Waals surface area (Å²) in [6.07, 6.45) is 5.07. The molecule has 1 atom stereocenters. The zero-order valence-corrected chi connectivity index (χ0v) is 25.8. The maximum atomic E-state index is 14.1. The molecule has 4 rings (SSSR count). The highest BCUT2D eigenvalue weighted by Crippen LogP contribution is 2.27. The smallest absolute Gasteiger partial charge is 0.264 e. The van der Waals surface area contributed by atoms with E-state index in [1.807, 2.05) is 19.1 Å². The zero-order valence-electron chi connectivity index (χ0n) is 24.3. The van der Waals surface area contributed by atoms with Crippen LogP contribution in [0.5, 0.6) is 5.75 Å². The fourth-order valence-electron chi connectivity index (χ4n) is 5.08. The van der Waals surface area contributed by atoms with E-state index in [4.69, 9.17) is 16.3 Å². The van der Waals surface area contributed by atoms with E-state index in [2.05, 4.69) is 5.32 Å². The van der Waals surface area contributed by atoms with Crippen LogP contribution < -0.4 is 14.4 Å².